The Morgan fingerprint density at radius 3 is 2.62 bits per heavy atom. The summed E-state index contributed by atoms with van der Waals surface area (Å²) >= 11 is 0. The van der Waals surface area contributed by atoms with E-state index in [1.165, 1.54) is 5.56 Å². The van der Waals surface area contributed by atoms with Gasteiger partial charge in [-0.3, -0.25) is 9.59 Å². The van der Waals surface area contributed by atoms with E-state index in [0.717, 1.165) is 18.7 Å². The highest BCUT2D eigenvalue weighted by atomic mass is 16.2. The van der Waals surface area contributed by atoms with Crippen LogP contribution in [-0.2, 0) is 11.3 Å². The zero-order valence-electron chi connectivity index (χ0n) is 15.1. The van der Waals surface area contributed by atoms with Gasteiger partial charge < -0.3 is 15.1 Å². The van der Waals surface area contributed by atoms with Crippen molar-refractivity contribution in [3.63, 3.8) is 0 Å². The fourth-order valence-corrected chi connectivity index (χ4v) is 4.06. The predicted molar refractivity (Wildman–Crippen MR) is 101 cm³/mol. The van der Waals surface area contributed by atoms with Gasteiger partial charge >= 0.3 is 0 Å². The summed E-state index contributed by atoms with van der Waals surface area (Å²) in [5.41, 5.74) is 3.59. The van der Waals surface area contributed by atoms with Crippen LogP contribution < -0.4 is 5.32 Å². The highest BCUT2D eigenvalue weighted by molar-refractivity contribution is 6.00. The Morgan fingerprint density at radius 1 is 1.08 bits per heavy atom. The number of fused-ring (bicyclic) bond motifs is 1. The molecule has 4 rings (SSSR count). The van der Waals surface area contributed by atoms with E-state index in [1.54, 1.807) is 18.0 Å². The van der Waals surface area contributed by atoms with Crippen LogP contribution >= 0.6 is 0 Å². The van der Waals surface area contributed by atoms with Gasteiger partial charge in [0, 0.05) is 43.9 Å². The summed E-state index contributed by atoms with van der Waals surface area (Å²) in [5.74, 6) is 0.109. The molecule has 2 atom stereocenters. The molecule has 0 aliphatic carbocycles. The molecule has 1 fully saturated rings. The number of carbonyl (C=O) groups is 2. The predicted octanol–water partition coefficient (Wildman–Crippen LogP) is 2.56. The average molecular weight is 349 g/mol. The Bertz CT molecular complexity index is 850. The molecule has 26 heavy (non-hydrogen) atoms. The molecule has 0 aromatic heterocycles. The van der Waals surface area contributed by atoms with Crippen molar-refractivity contribution in [2.24, 2.45) is 5.92 Å². The molecular formula is C21H23N3O2. The van der Waals surface area contributed by atoms with Gasteiger partial charge in [-0.1, -0.05) is 36.4 Å². The van der Waals surface area contributed by atoms with Crippen LogP contribution in [0.25, 0.3) is 0 Å². The van der Waals surface area contributed by atoms with Gasteiger partial charge in [0.05, 0.1) is 5.92 Å². The summed E-state index contributed by atoms with van der Waals surface area (Å²) in [6.07, 6.45) is 0. The van der Waals surface area contributed by atoms with E-state index < -0.39 is 0 Å². The van der Waals surface area contributed by atoms with E-state index in [2.05, 4.69) is 22.3 Å². The van der Waals surface area contributed by atoms with E-state index in [9.17, 15) is 9.59 Å². The third-order valence-corrected chi connectivity index (χ3v) is 5.43. The topological polar surface area (TPSA) is 52.7 Å². The molecule has 1 saturated heterocycles. The zero-order valence-corrected chi connectivity index (χ0v) is 15.1. The van der Waals surface area contributed by atoms with Crippen molar-refractivity contribution in [2.75, 3.05) is 32.5 Å². The van der Waals surface area contributed by atoms with Crippen molar-refractivity contribution in [2.45, 2.75) is 12.5 Å². The standard InChI is InChI=1S/C21H23N3O2/c1-23-12-18(14-6-4-3-5-7-14)19(13-23)20(25)22-16-9-8-15-11-24(2)21(26)17(15)10-16/h3-10,18-19H,11-13H2,1-2H3,(H,22,25). The minimum atomic E-state index is -0.103. The van der Waals surface area contributed by atoms with Crippen LogP contribution in [0.15, 0.2) is 48.5 Å². The summed E-state index contributed by atoms with van der Waals surface area (Å²) in [6, 6.07) is 15.8. The van der Waals surface area contributed by atoms with Crippen LogP contribution in [0.5, 0.6) is 0 Å². The van der Waals surface area contributed by atoms with Crippen LogP contribution in [0, 0.1) is 5.92 Å². The molecule has 1 N–H and O–H groups in total. The first kappa shape index (κ1) is 16.8. The van der Waals surface area contributed by atoms with E-state index in [4.69, 9.17) is 0 Å². The summed E-state index contributed by atoms with van der Waals surface area (Å²) in [4.78, 5) is 29.0. The van der Waals surface area contributed by atoms with E-state index >= 15 is 0 Å². The maximum atomic E-state index is 13.0. The number of likely N-dealkylation sites (tertiary alicyclic amines) is 1. The number of nitrogens with zero attached hydrogens (tertiary/aromatic N) is 2. The number of benzene rings is 2. The second-order valence-corrected chi connectivity index (χ2v) is 7.37. The number of carbonyl (C=O) groups excluding carboxylic acids is 2. The Labute approximate surface area is 153 Å². The summed E-state index contributed by atoms with van der Waals surface area (Å²) < 4.78 is 0. The van der Waals surface area contributed by atoms with Gasteiger partial charge in [-0.2, -0.15) is 0 Å². The molecule has 5 nitrogen and oxygen atoms in total. The molecule has 0 spiro atoms. The Kier molecular flexibility index (Phi) is 4.24. The summed E-state index contributed by atoms with van der Waals surface area (Å²) in [7, 11) is 3.84. The van der Waals surface area contributed by atoms with E-state index in [1.807, 2.05) is 37.4 Å². The third-order valence-electron chi connectivity index (χ3n) is 5.43. The van der Waals surface area contributed by atoms with E-state index in [0.29, 0.717) is 17.8 Å². The Balaban J connectivity index is 1.54. The molecule has 0 radical (unpaired) electrons. The van der Waals surface area contributed by atoms with Crippen LogP contribution in [0.1, 0.15) is 27.4 Å². The van der Waals surface area contributed by atoms with Crippen molar-refractivity contribution < 1.29 is 9.59 Å². The first-order valence-electron chi connectivity index (χ1n) is 8.95. The number of likely N-dealkylation sites (N-methyl/N-ethyl adjacent to an activating group) is 1. The lowest BCUT2D eigenvalue weighted by Gasteiger charge is -2.18. The van der Waals surface area contributed by atoms with Gasteiger partial charge in [-0.05, 0) is 30.3 Å². The number of amides is 2. The van der Waals surface area contributed by atoms with Gasteiger partial charge in [0.15, 0.2) is 0 Å². The molecule has 5 heteroatoms. The van der Waals surface area contributed by atoms with Gasteiger partial charge in [-0.25, -0.2) is 0 Å². The number of nitrogens with one attached hydrogen (secondary N) is 1. The molecule has 2 aliphatic rings. The maximum Gasteiger partial charge on any atom is 0.254 e. The van der Waals surface area contributed by atoms with E-state index in [-0.39, 0.29) is 23.7 Å². The van der Waals surface area contributed by atoms with Crippen molar-refractivity contribution >= 4 is 17.5 Å². The fraction of sp³-hybridized carbons (Fsp3) is 0.333. The zero-order chi connectivity index (χ0) is 18.3. The molecule has 2 aromatic carbocycles. The quantitative estimate of drug-likeness (QED) is 0.927. The molecule has 2 amide bonds. The van der Waals surface area contributed by atoms with Gasteiger partial charge in [0.2, 0.25) is 5.91 Å². The van der Waals surface area contributed by atoms with Crippen LogP contribution in [0.3, 0.4) is 0 Å². The van der Waals surface area contributed by atoms with Crippen LogP contribution in [-0.4, -0.2) is 48.8 Å². The van der Waals surface area contributed by atoms with Gasteiger partial charge in [-0.15, -0.1) is 0 Å². The second kappa shape index (κ2) is 6.57. The largest absolute Gasteiger partial charge is 0.337 e. The van der Waals surface area contributed by atoms with Crippen molar-refractivity contribution in [3.05, 3.63) is 65.2 Å². The number of rotatable bonds is 3. The van der Waals surface area contributed by atoms with Gasteiger partial charge in [0.25, 0.3) is 5.91 Å². The average Bonchev–Trinajstić information content (AvgIpc) is 3.17. The first-order valence-corrected chi connectivity index (χ1v) is 8.95. The number of hydrogen-bond donors (Lipinski definition) is 1. The summed E-state index contributed by atoms with van der Waals surface area (Å²) in [5, 5.41) is 3.03. The Morgan fingerprint density at radius 2 is 1.85 bits per heavy atom. The molecule has 0 bridgehead atoms. The lowest BCUT2D eigenvalue weighted by molar-refractivity contribution is -0.119. The highest BCUT2D eigenvalue weighted by Gasteiger charge is 2.37. The monoisotopic (exact) mass is 349 g/mol. The molecular weight excluding hydrogens is 326 g/mol. The van der Waals surface area contributed by atoms with Crippen LogP contribution in [0.4, 0.5) is 5.69 Å². The summed E-state index contributed by atoms with van der Waals surface area (Å²) in [6.45, 7) is 2.24. The SMILES string of the molecule is CN1CC(C(=O)Nc2ccc3c(c2)C(=O)N(C)C3)C(c2ccccc2)C1. The molecule has 2 aromatic rings. The third kappa shape index (κ3) is 2.99. The molecule has 2 aliphatic heterocycles. The number of hydrogen-bond acceptors (Lipinski definition) is 3. The smallest absolute Gasteiger partial charge is 0.254 e. The highest BCUT2D eigenvalue weighted by Crippen LogP contribution is 2.33. The van der Waals surface area contributed by atoms with Crippen molar-refractivity contribution in [3.8, 4) is 0 Å². The minimum absolute atomic E-state index is 0.0128. The van der Waals surface area contributed by atoms with Gasteiger partial charge in [0.1, 0.15) is 0 Å². The minimum Gasteiger partial charge on any atom is -0.337 e. The van der Waals surface area contributed by atoms with Crippen molar-refractivity contribution in [1.82, 2.24) is 9.80 Å². The lowest BCUT2D eigenvalue weighted by Crippen LogP contribution is -2.28. The molecule has 2 unspecified atom stereocenters. The molecule has 134 valence electrons. The molecule has 2 heterocycles. The normalized spacial score (nSPS) is 22.5. The Hall–Kier alpha value is -2.66. The second-order valence-electron chi connectivity index (χ2n) is 7.37. The van der Waals surface area contributed by atoms with Crippen molar-refractivity contribution in [1.29, 1.82) is 0 Å². The number of anilines is 1. The maximum absolute atomic E-state index is 13.0. The first-order chi connectivity index (χ1) is 12.5. The fourth-order valence-electron chi connectivity index (χ4n) is 4.06. The lowest BCUT2D eigenvalue weighted by atomic mass is 9.88. The molecule has 0 saturated carbocycles. The van der Waals surface area contributed by atoms with Crippen LogP contribution in [0.2, 0.25) is 0 Å².